The Hall–Kier alpha value is -2.54. The summed E-state index contributed by atoms with van der Waals surface area (Å²) in [7, 11) is 0. The Labute approximate surface area is 119 Å². The molecule has 4 heteroatoms. The summed E-state index contributed by atoms with van der Waals surface area (Å²) in [6, 6.07) is 13.5. The molecular formula is C16H17N3O. The van der Waals surface area contributed by atoms with Crippen LogP contribution in [0, 0.1) is 11.3 Å². The molecule has 0 unspecified atom stereocenters. The molecule has 102 valence electrons. The molecule has 0 saturated carbocycles. The van der Waals surface area contributed by atoms with Gasteiger partial charge in [-0.15, -0.1) is 0 Å². The van der Waals surface area contributed by atoms with Crippen LogP contribution >= 0.6 is 0 Å². The summed E-state index contributed by atoms with van der Waals surface area (Å²) in [6.07, 6.45) is 1.82. The third-order valence-corrected chi connectivity index (χ3v) is 2.66. The fourth-order valence-electron chi connectivity index (χ4n) is 1.77. The summed E-state index contributed by atoms with van der Waals surface area (Å²) in [5.74, 6) is 0.862. The van der Waals surface area contributed by atoms with E-state index in [0.29, 0.717) is 12.2 Å². The fraction of sp³-hybridized carbons (Fsp3) is 0.250. The van der Waals surface area contributed by atoms with Crippen LogP contribution in [0.3, 0.4) is 0 Å². The van der Waals surface area contributed by atoms with E-state index in [9.17, 15) is 0 Å². The van der Waals surface area contributed by atoms with Crippen molar-refractivity contribution in [3.63, 3.8) is 0 Å². The van der Waals surface area contributed by atoms with Crippen LogP contribution in [-0.2, 0) is 6.54 Å². The molecule has 1 heterocycles. The molecular weight excluding hydrogens is 250 g/mol. The Morgan fingerprint density at radius 1 is 1.25 bits per heavy atom. The molecule has 0 saturated heterocycles. The van der Waals surface area contributed by atoms with E-state index in [0.717, 1.165) is 17.0 Å². The van der Waals surface area contributed by atoms with Crippen LogP contribution < -0.4 is 10.1 Å². The maximum Gasteiger partial charge on any atom is 0.140 e. The number of pyridine rings is 1. The van der Waals surface area contributed by atoms with Crippen molar-refractivity contribution in [1.29, 1.82) is 5.26 Å². The number of nitrogens with zero attached hydrogens (tertiary/aromatic N) is 2. The lowest BCUT2D eigenvalue weighted by Gasteiger charge is -2.11. The number of ether oxygens (including phenoxy) is 1. The average Bonchev–Trinajstić information content (AvgIpc) is 2.46. The lowest BCUT2D eigenvalue weighted by atomic mass is 10.2. The van der Waals surface area contributed by atoms with E-state index < -0.39 is 0 Å². The minimum absolute atomic E-state index is 0.176. The first-order valence-electron chi connectivity index (χ1n) is 6.53. The van der Waals surface area contributed by atoms with Gasteiger partial charge in [0.15, 0.2) is 0 Å². The van der Waals surface area contributed by atoms with Crippen LogP contribution in [0.4, 0.5) is 5.69 Å². The average molecular weight is 267 g/mol. The summed E-state index contributed by atoms with van der Waals surface area (Å²) in [5, 5.41) is 12.1. The summed E-state index contributed by atoms with van der Waals surface area (Å²) in [4.78, 5) is 3.95. The molecule has 0 aliphatic carbocycles. The minimum atomic E-state index is 0.176. The topological polar surface area (TPSA) is 57.9 Å². The van der Waals surface area contributed by atoms with Crippen molar-refractivity contribution < 1.29 is 4.74 Å². The number of benzene rings is 1. The van der Waals surface area contributed by atoms with Crippen molar-refractivity contribution in [2.24, 2.45) is 0 Å². The molecule has 1 aromatic carbocycles. The second kappa shape index (κ2) is 6.58. The Balaban J connectivity index is 1.95. The van der Waals surface area contributed by atoms with Crippen molar-refractivity contribution >= 4 is 5.69 Å². The van der Waals surface area contributed by atoms with E-state index in [1.54, 1.807) is 12.3 Å². The Morgan fingerprint density at radius 2 is 2.00 bits per heavy atom. The predicted molar refractivity (Wildman–Crippen MR) is 78.5 cm³/mol. The second-order valence-corrected chi connectivity index (χ2v) is 4.71. The first-order chi connectivity index (χ1) is 9.67. The Kier molecular flexibility index (Phi) is 4.56. The summed E-state index contributed by atoms with van der Waals surface area (Å²) in [6.45, 7) is 4.66. The lowest BCUT2D eigenvalue weighted by Crippen LogP contribution is -2.05. The maximum atomic E-state index is 8.80. The van der Waals surface area contributed by atoms with Crippen molar-refractivity contribution in [3.8, 4) is 11.8 Å². The van der Waals surface area contributed by atoms with E-state index >= 15 is 0 Å². The van der Waals surface area contributed by atoms with Crippen LogP contribution in [0.15, 0.2) is 42.6 Å². The number of anilines is 1. The molecule has 4 nitrogen and oxygen atoms in total. The maximum absolute atomic E-state index is 8.80. The number of nitrogens with one attached hydrogen (secondary N) is 1. The second-order valence-electron chi connectivity index (χ2n) is 4.71. The smallest absolute Gasteiger partial charge is 0.140 e. The summed E-state index contributed by atoms with van der Waals surface area (Å²) in [5.41, 5.74) is 2.47. The molecule has 0 fully saturated rings. The SMILES string of the molecule is CC(C)Oc1ccc(NCc2ccnc(C#N)c2)cc1. The van der Waals surface area contributed by atoms with Gasteiger partial charge in [-0.05, 0) is 55.8 Å². The van der Waals surface area contributed by atoms with E-state index in [-0.39, 0.29) is 6.10 Å². The number of hydrogen-bond donors (Lipinski definition) is 1. The first kappa shape index (κ1) is 13.9. The molecule has 0 aliphatic rings. The van der Waals surface area contributed by atoms with Crippen molar-refractivity contribution in [2.75, 3.05) is 5.32 Å². The van der Waals surface area contributed by atoms with E-state index in [2.05, 4.69) is 10.3 Å². The van der Waals surface area contributed by atoms with Crippen LogP contribution in [-0.4, -0.2) is 11.1 Å². The highest BCUT2D eigenvalue weighted by Crippen LogP contribution is 2.17. The molecule has 0 amide bonds. The number of hydrogen-bond acceptors (Lipinski definition) is 4. The molecule has 20 heavy (non-hydrogen) atoms. The highest BCUT2D eigenvalue weighted by molar-refractivity contribution is 5.47. The van der Waals surface area contributed by atoms with E-state index in [1.165, 1.54) is 0 Å². The van der Waals surface area contributed by atoms with Crippen LogP contribution in [0.1, 0.15) is 25.1 Å². The molecule has 2 aromatic rings. The summed E-state index contributed by atoms with van der Waals surface area (Å²) >= 11 is 0. The third-order valence-electron chi connectivity index (χ3n) is 2.66. The van der Waals surface area contributed by atoms with Crippen molar-refractivity contribution in [3.05, 3.63) is 53.9 Å². The largest absolute Gasteiger partial charge is 0.491 e. The highest BCUT2D eigenvalue weighted by Gasteiger charge is 1.99. The van der Waals surface area contributed by atoms with E-state index in [4.69, 9.17) is 10.00 Å². The molecule has 0 atom stereocenters. The summed E-state index contributed by atoms with van der Waals surface area (Å²) < 4.78 is 5.59. The van der Waals surface area contributed by atoms with Crippen LogP contribution in [0.5, 0.6) is 5.75 Å². The molecule has 0 bridgehead atoms. The molecule has 1 N–H and O–H groups in total. The third kappa shape index (κ3) is 3.99. The van der Waals surface area contributed by atoms with Crippen molar-refractivity contribution in [2.45, 2.75) is 26.5 Å². The van der Waals surface area contributed by atoms with Gasteiger partial charge in [-0.3, -0.25) is 0 Å². The van der Waals surface area contributed by atoms with Gasteiger partial charge in [0.1, 0.15) is 17.5 Å². The van der Waals surface area contributed by atoms with Gasteiger partial charge >= 0.3 is 0 Å². The van der Waals surface area contributed by atoms with Gasteiger partial charge in [0.25, 0.3) is 0 Å². The zero-order chi connectivity index (χ0) is 14.4. The number of nitriles is 1. The predicted octanol–water partition coefficient (Wildman–Crippen LogP) is 3.35. The van der Waals surface area contributed by atoms with Gasteiger partial charge in [0, 0.05) is 18.4 Å². The first-order valence-corrected chi connectivity index (χ1v) is 6.53. The lowest BCUT2D eigenvalue weighted by molar-refractivity contribution is 0.242. The minimum Gasteiger partial charge on any atom is -0.491 e. The zero-order valence-corrected chi connectivity index (χ0v) is 11.6. The van der Waals surface area contributed by atoms with Crippen LogP contribution in [0.25, 0.3) is 0 Å². The zero-order valence-electron chi connectivity index (χ0n) is 11.6. The monoisotopic (exact) mass is 267 g/mol. The molecule has 0 radical (unpaired) electrons. The molecule has 1 aromatic heterocycles. The molecule has 0 spiro atoms. The van der Waals surface area contributed by atoms with E-state index in [1.807, 2.05) is 50.2 Å². The van der Waals surface area contributed by atoms with Crippen LogP contribution in [0.2, 0.25) is 0 Å². The van der Waals surface area contributed by atoms with Gasteiger partial charge in [0.2, 0.25) is 0 Å². The number of aromatic nitrogens is 1. The van der Waals surface area contributed by atoms with Gasteiger partial charge in [-0.25, -0.2) is 4.98 Å². The van der Waals surface area contributed by atoms with Gasteiger partial charge in [0.05, 0.1) is 6.10 Å². The van der Waals surface area contributed by atoms with Gasteiger partial charge in [-0.1, -0.05) is 0 Å². The van der Waals surface area contributed by atoms with Crippen molar-refractivity contribution in [1.82, 2.24) is 4.98 Å². The standard InChI is InChI=1S/C16H17N3O/c1-12(2)20-16-5-3-14(4-6-16)19-11-13-7-8-18-15(9-13)10-17/h3-9,12,19H,11H2,1-2H3. The van der Waals surface area contributed by atoms with Gasteiger partial charge < -0.3 is 10.1 Å². The number of rotatable bonds is 5. The Morgan fingerprint density at radius 3 is 2.65 bits per heavy atom. The molecule has 0 aliphatic heterocycles. The molecule has 2 rings (SSSR count). The Bertz CT molecular complexity index is 600. The van der Waals surface area contributed by atoms with Gasteiger partial charge in [-0.2, -0.15) is 5.26 Å². The quantitative estimate of drug-likeness (QED) is 0.902. The fourth-order valence-corrected chi connectivity index (χ4v) is 1.77. The normalized spacial score (nSPS) is 10.1. The highest BCUT2D eigenvalue weighted by atomic mass is 16.5.